The number of likely N-dealkylation sites (tertiary alicyclic amines) is 1. The summed E-state index contributed by atoms with van der Waals surface area (Å²) in [5.41, 5.74) is 0.409. The van der Waals surface area contributed by atoms with Crippen molar-refractivity contribution in [2.75, 3.05) is 33.4 Å². The van der Waals surface area contributed by atoms with Gasteiger partial charge in [0.1, 0.15) is 31.0 Å². The number of rotatable bonds is 6. The highest BCUT2D eigenvalue weighted by Crippen LogP contribution is 2.39. The summed E-state index contributed by atoms with van der Waals surface area (Å²) in [5, 5.41) is 2.84. The van der Waals surface area contributed by atoms with Gasteiger partial charge in [-0.2, -0.15) is 0 Å². The smallest absolute Gasteiger partial charge is 0.325 e. The van der Waals surface area contributed by atoms with Gasteiger partial charge in [0.05, 0.1) is 13.2 Å². The molecule has 1 N–H and O–H groups in total. The Morgan fingerprint density at radius 2 is 1.86 bits per heavy atom. The maximum atomic E-state index is 13.5. The molecule has 5 rings (SSSR count). The van der Waals surface area contributed by atoms with Crippen LogP contribution in [-0.4, -0.2) is 61.1 Å². The number of ether oxygens (including phenoxy) is 3. The second-order valence-corrected chi connectivity index (χ2v) is 8.96. The van der Waals surface area contributed by atoms with Crippen LogP contribution in [0.25, 0.3) is 0 Å². The van der Waals surface area contributed by atoms with Crippen LogP contribution in [0.2, 0.25) is 0 Å². The van der Waals surface area contributed by atoms with Gasteiger partial charge in [0.15, 0.2) is 11.5 Å². The van der Waals surface area contributed by atoms with Gasteiger partial charge in [-0.1, -0.05) is 25.1 Å². The summed E-state index contributed by atoms with van der Waals surface area (Å²) in [7, 11) is 1.57. The van der Waals surface area contributed by atoms with Gasteiger partial charge in [-0.3, -0.25) is 14.5 Å². The number of fused-ring (bicyclic) bond motifs is 1. The molecule has 0 radical (unpaired) electrons. The summed E-state index contributed by atoms with van der Waals surface area (Å²) in [6.45, 7) is 3.11. The quantitative estimate of drug-likeness (QED) is 0.640. The van der Waals surface area contributed by atoms with Gasteiger partial charge in [-0.15, -0.1) is 0 Å². The van der Waals surface area contributed by atoms with Crippen molar-refractivity contribution in [3.05, 3.63) is 53.6 Å². The highest BCUT2D eigenvalue weighted by molar-refractivity contribution is 6.09. The first kappa shape index (κ1) is 23.0. The molecule has 3 aliphatic heterocycles. The number of nitrogens with zero attached hydrogens (tertiary/aromatic N) is 2. The zero-order chi connectivity index (χ0) is 24.6. The van der Waals surface area contributed by atoms with Crippen molar-refractivity contribution in [2.45, 2.75) is 37.8 Å². The Labute approximate surface area is 203 Å². The van der Waals surface area contributed by atoms with E-state index in [2.05, 4.69) is 5.32 Å². The largest absolute Gasteiger partial charge is 0.497 e. The van der Waals surface area contributed by atoms with Crippen LogP contribution in [0.15, 0.2) is 42.5 Å². The van der Waals surface area contributed by atoms with Crippen LogP contribution < -0.4 is 19.5 Å². The molecule has 4 amide bonds. The molecular formula is C26H29N3O6. The summed E-state index contributed by atoms with van der Waals surface area (Å²) < 4.78 is 16.5. The van der Waals surface area contributed by atoms with Gasteiger partial charge in [0.25, 0.3) is 5.91 Å². The minimum Gasteiger partial charge on any atom is -0.497 e. The lowest BCUT2D eigenvalue weighted by molar-refractivity contribution is -0.139. The lowest BCUT2D eigenvalue weighted by Gasteiger charge is -2.28. The third-order valence-electron chi connectivity index (χ3n) is 7.11. The molecule has 2 saturated heterocycles. The van der Waals surface area contributed by atoms with Gasteiger partial charge >= 0.3 is 6.03 Å². The maximum absolute atomic E-state index is 13.5. The molecule has 184 valence electrons. The van der Waals surface area contributed by atoms with E-state index in [1.165, 1.54) is 0 Å². The van der Waals surface area contributed by atoms with E-state index in [4.69, 9.17) is 14.2 Å². The number of imide groups is 1. The Balaban J connectivity index is 1.34. The molecule has 2 atom stereocenters. The second-order valence-electron chi connectivity index (χ2n) is 8.96. The number of carbonyl (C=O) groups is 3. The summed E-state index contributed by atoms with van der Waals surface area (Å²) in [4.78, 5) is 42.5. The third-order valence-corrected chi connectivity index (χ3v) is 7.11. The Morgan fingerprint density at radius 1 is 1.11 bits per heavy atom. The van der Waals surface area contributed by atoms with Crippen LogP contribution in [0.4, 0.5) is 4.79 Å². The molecule has 0 saturated carbocycles. The minimum absolute atomic E-state index is 0.142. The highest BCUT2D eigenvalue weighted by atomic mass is 16.6. The number of urea groups is 1. The zero-order valence-electron chi connectivity index (χ0n) is 19.9. The fourth-order valence-electron chi connectivity index (χ4n) is 5.19. The molecule has 0 bridgehead atoms. The van der Waals surface area contributed by atoms with Gasteiger partial charge in [0.2, 0.25) is 5.91 Å². The number of hydrogen-bond donors (Lipinski definition) is 1. The lowest BCUT2D eigenvalue weighted by Crippen LogP contribution is -2.45. The van der Waals surface area contributed by atoms with Crippen LogP contribution in [-0.2, 0) is 15.1 Å². The molecule has 0 spiro atoms. The molecule has 2 aromatic rings. The number of nitrogens with one attached hydrogen (secondary N) is 1. The Kier molecular flexibility index (Phi) is 6.00. The van der Waals surface area contributed by atoms with Crippen LogP contribution in [0, 0.1) is 0 Å². The minimum atomic E-state index is -1.20. The summed E-state index contributed by atoms with van der Waals surface area (Å²) in [6.07, 6.45) is 2.00. The van der Waals surface area contributed by atoms with Crippen molar-refractivity contribution < 1.29 is 28.6 Å². The fraction of sp³-hybridized carbons (Fsp3) is 0.423. The predicted molar refractivity (Wildman–Crippen MR) is 126 cm³/mol. The summed E-state index contributed by atoms with van der Waals surface area (Å²) in [6, 6.07) is 12.1. The summed E-state index contributed by atoms with van der Waals surface area (Å²) in [5.74, 6) is 1.35. The van der Waals surface area contributed by atoms with E-state index >= 15 is 0 Å². The average Bonchev–Trinajstić information content (AvgIpc) is 3.48. The van der Waals surface area contributed by atoms with E-state index in [0.717, 1.165) is 23.3 Å². The fourth-order valence-corrected chi connectivity index (χ4v) is 5.19. The number of hydrogen-bond acceptors (Lipinski definition) is 6. The van der Waals surface area contributed by atoms with Crippen molar-refractivity contribution in [2.24, 2.45) is 0 Å². The number of methoxy groups -OCH3 is 1. The lowest BCUT2D eigenvalue weighted by atomic mass is 9.87. The van der Waals surface area contributed by atoms with Crippen molar-refractivity contribution in [1.29, 1.82) is 0 Å². The van der Waals surface area contributed by atoms with Crippen LogP contribution >= 0.6 is 0 Å². The van der Waals surface area contributed by atoms with E-state index in [1.807, 2.05) is 25.1 Å². The number of benzene rings is 2. The Bertz CT molecular complexity index is 1150. The third kappa shape index (κ3) is 3.94. The van der Waals surface area contributed by atoms with E-state index in [1.54, 1.807) is 36.3 Å². The molecule has 9 nitrogen and oxygen atoms in total. The Morgan fingerprint density at radius 3 is 2.57 bits per heavy atom. The average molecular weight is 480 g/mol. The molecule has 3 aliphatic rings. The van der Waals surface area contributed by atoms with Gasteiger partial charge in [-0.05, 0) is 54.7 Å². The first-order chi connectivity index (χ1) is 17.0. The molecule has 0 unspecified atom stereocenters. The number of amides is 4. The highest BCUT2D eigenvalue weighted by Gasteiger charge is 2.52. The van der Waals surface area contributed by atoms with Crippen molar-refractivity contribution in [1.82, 2.24) is 15.1 Å². The molecule has 2 fully saturated rings. The van der Waals surface area contributed by atoms with Crippen molar-refractivity contribution in [3.63, 3.8) is 0 Å². The van der Waals surface area contributed by atoms with E-state index in [-0.39, 0.29) is 18.5 Å². The first-order valence-corrected chi connectivity index (χ1v) is 11.9. The van der Waals surface area contributed by atoms with Crippen molar-refractivity contribution >= 4 is 17.8 Å². The molecule has 0 aromatic heterocycles. The first-order valence-electron chi connectivity index (χ1n) is 11.9. The molecular weight excluding hydrogens is 450 g/mol. The van der Waals surface area contributed by atoms with Gasteiger partial charge in [-0.25, -0.2) is 4.79 Å². The van der Waals surface area contributed by atoms with Gasteiger partial charge in [0, 0.05) is 6.54 Å². The standard InChI is InChI=1S/C26H29N3O6/c1-3-26(18-7-9-19(33-2)10-8-18)24(31)29(25(32)27-26)16-23(30)28-12-4-5-20(28)17-6-11-21-22(15-17)35-14-13-34-21/h6-11,15,20H,3-5,12-14,16H2,1-2H3,(H,27,32)/t20-,26-/m1/s1. The molecule has 2 aromatic carbocycles. The van der Waals surface area contributed by atoms with Crippen LogP contribution in [0.3, 0.4) is 0 Å². The predicted octanol–water partition coefficient (Wildman–Crippen LogP) is 2.99. The maximum Gasteiger partial charge on any atom is 0.325 e. The second kappa shape index (κ2) is 9.13. The van der Waals surface area contributed by atoms with Crippen LogP contribution in [0.5, 0.6) is 17.2 Å². The SMILES string of the molecule is CC[C@]1(c2ccc(OC)cc2)NC(=O)N(CC(=O)N2CCC[C@@H]2c2ccc3c(c2)OCCO3)C1=O. The monoisotopic (exact) mass is 479 g/mol. The molecule has 35 heavy (non-hydrogen) atoms. The van der Waals surface area contributed by atoms with Gasteiger partial charge < -0.3 is 24.4 Å². The van der Waals surface area contributed by atoms with Crippen molar-refractivity contribution in [3.8, 4) is 17.2 Å². The summed E-state index contributed by atoms with van der Waals surface area (Å²) >= 11 is 0. The van der Waals surface area contributed by atoms with E-state index < -0.39 is 17.5 Å². The normalized spacial score (nSPS) is 23.4. The topological polar surface area (TPSA) is 97.4 Å². The molecule has 9 heteroatoms. The van der Waals surface area contributed by atoms with E-state index in [9.17, 15) is 14.4 Å². The zero-order valence-corrected chi connectivity index (χ0v) is 19.9. The number of carbonyl (C=O) groups excluding carboxylic acids is 3. The Hall–Kier alpha value is -3.75. The molecule has 3 heterocycles. The van der Waals surface area contributed by atoms with Crippen LogP contribution in [0.1, 0.15) is 43.4 Å². The molecule has 0 aliphatic carbocycles. The van der Waals surface area contributed by atoms with E-state index in [0.29, 0.717) is 49.0 Å².